The zero-order valence-electron chi connectivity index (χ0n) is 8.63. The molecule has 2 atom stereocenters. The number of fused-ring (bicyclic) bond motifs is 1. The van der Waals surface area contributed by atoms with Crippen LogP contribution in [0, 0.1) is 5.41 Å². The number of carbonyl (C=O) groups excluding carboxylic acids is 1. The summed E-state index contributed by atoms with van der Waals surface area (Å²) < 4.78 is 0. The zero-order valence-corrected chi connectivity index (χ0v) is 8.63. The molecule has 0 spiro atoms. The van der Waals surface area contributed by atoms with Gasteiger partial charge < -0.3 is 0 Å². The Morgan fingerprint density at radius 2 is 2.23 bits per heavy atom. The number of nitrogens with zero attached hydrogens (tertiary/aromatic N) is 1. The van der Waals surface area contributed by atoms with Crippen LogP contribution >= 0.6 is 0 Å². The van der Waals surface area contributed by atoms with E-state index in [0.29, 0.717) is 11.8 Å². The van der Waals surface area contributed by atoms with E-state index in [1.807, 2.05) is 0 Å². The maximum atomic E-state index is 11.7. The average Bonchev–Trinajstić information content (AvgIpc) is 2.30. The van der Waals surface area contributed by atoms with Crippen LogP contribution in [-0.4, -0.2) is 36.5 Å². The van der Waals surface area contributed by atoms with Gasteiger partial charge in [-0.25, -0.2) is 0 Å². The summed E-state index contributed by atoms with van der Waals surface area (Å²) in [5.41, 5.74) is 0.193. The molecule has 0 aromatic carbocycles. The fourth-order valence-electron chi connectivity index (χ4n) is 2.57. The van der Waals surface area contributed by atoms with Crippen LogP contribution in [-0.2, 0) is 4.79 Å². The number of likely N-dealkylation sites (N-methyl/N-ethyl adjacent to an activating group) is 1. The average molecular weight is 182 g/mol. The lowest BCUT2D eigenvalue weighted by atomic mass is 9.72. The minimum absolute atomic E-state index is 0.109. The van der Waals surface area contributed by atoms with Crippen molar-refractivity contribution in [2.75, 3.05) is 13.7 Å². The number of carbonyl (C=O) groups is 1. The lowest BCUT2D eigenvalue weighted by Crippen LogP contribution is -2.49. The number of hydrogen-bond donors (Lipinski definition) is 1. The van der Waals surface area contributed by atoms with Gasteiger partial charge in [-0.2, -0.15) is 0 Å². The lowest BCUT2D eigenvalue weighted by Gasteiger charge is -2.37. The molecule has 1 aliphatic carbocycles. The largest absolute Gasteiger partial charge is 0.298 e. The summed E-state index contributed by atoms with van der Waals surface area (Å²) >= 11 is 0. The first-order chi connectivity index (χ1) is 5.99. The van der Waals surface area contributed by atoms with Crippen LogP contribution in [0.15, 0.2) is 0 Å². The number of nitrogens with one attached hydrogen (secondary N) is 1. The van der Waals surface area contributed by atoms with Crippen LogP contribution in [0.5, 0.6) is 0 Å². The minimum Gasteiger partial charge on any atom is -0.298 e. The highest BCUT2D eigenvalue weighted by Gasteiger charge is 2.45. The molecule has 1 saturated heterocycles. The Hall–Kier alpha value is -0.410. The van der Waals surface area contributed by atoms with Gasteiger partial charge in [-0.15, -0.1) is 0 Å². The van der Waals surface area contributed by atoms with Gasteiger partial charge in [0.25, 0.3) is 0 Å². The molecule has 3 nitrogen and oxygen atoms in total. The number of rotatable bonds is 0. The molecule has 2 fully saturated rings. The maximum absolute atomic E-state index is 11.7. The highest BCUT2D eigenvalue weighted by atomic mass is 16.1. The van der Waals surface area contributed by atoms with Crippen molar-refractivity contribution in [3.05, 3.63) is 0 Å². The topological polar surface area (TPSA) is 32.3 Å². The molecule has 74 valence electrons. The smallest absolute Gasteiger partial charge is 0.151 e. The molecule has 0 aromatic rings. The molecule has 2 rings (SSSR count). The normalized spacial score (nSPS) is 39.2. The van der Waals surface area contributed by atoms with Crippen molar-refractivity contribution in [2.45, 2.75) is 38.8 Å². The Morgan fingerprint density at radius 1 is 1.54 bits per heavy atom. The lowest BCUT2D eigenvalue weighted by molar-refractivity contribution is -0.126. The van der Waals surface area contributed by atoms with Crippen LogP contribution < -0.4 is 5.32 Å². The molecule has 2 unspecified atom stereocenters. The summed E-state index contributed by atoms with van der Waals surface area (Å²) in [6.45, 7) is 5.23. The molecule has 0 aromatic heterocycles. The predicted molar refractivity (Wildman–Crippen MR) is 51.4 cm³/mol. The Bertz CT molecular complexity index is 237. The molecule has 1 heterocycles. The summed E-state index contributed by atoms with van der Waals surface area (Å²) in [7, 11) is 2.09. The summed E-state index contributed by atoms with van der Waals surface area (Å²) in [4.78, 5) is 14.0. The van der Waals surface area contributed by atoms with Crippen LogP contribution in [0.25, 0.3) is 0 Å². The summed E-state index contributed by atoms with van der Waals surface area (Å²) in [5, 5.41) is 3.27. The molecule has 1 saturated carbocycles. The molecule has 1 N–H and O–H groups in total. The molecule has 3 heteroatoms. The number of hydrogen-bond acceptors (Lipinski definition) is 3. The van der Waals surface area contributed by atoms with E-state index in [1.165, 1.54) is 0 Å². The van der Waals surface area contributed by atoms with Crippen molar-refractivity contribution in [1.29, 1.82) is 0 Å². The Labute approximate surface area is 79.5 Å². The molecule has 0 radical (unpaired) electrons. The predicted octanol–water partition coefficient (Wildman–Crippen LogP) is 0.605. The molecule has 0 bridgehead atoms. The molecule has 0 amide bonds. The third-order valence-corrected chi connectivity index (χ3v) is 3.27. The van der Waals surface area contributed by atoms with Crippen molar-refractivity contribution in [3.8, 4) is 0 Å². The standard InChI is InChI=1S/C10H18N2O/c1-10(2)4-7-9(8(13)5-10)11-6-12(7)3/h7,9,11H,4-6H2,1-3H3. The number of ketones is 1. The van der Waals surface area contributed by atoms with Gasteiger partial charge in [0.05, 0.1) is 6.04 Å². The van der Waals surface area contributed by atoms with Crippen molar-refractivity contribution >= 4 is 5.78 Å². The number of Topliss-reactive ketones (excluding diaryl/α,β-unsaturated/α-hetero) is 1. The Kier molecular flexibility index (Phi) is 1.96. The third-order valence-electron chi connectivity index (χ3n) is 3.27. The second-order valence-corrected chi connectivity index (χ2v) is 5.18. The quantitative estimate of drug-likeness (QED) is 0.595. The van der Waals surface area contributed by atoms with E-state index < -0.39 is 0 Å². The molecule has 1 aliphatic heterocycles. The fraction of sp³-hybridized carbons (Fsp3) is 0.900. The van der Waals surface area contributed by atoms with Gasteiger partial charge in [-0.1, -0.05) is 13.8 Å². The van der Waals surface area contributed by atoms with Gasteiger partial charge >= 0.3 is 0 Å². The van der Waals surface area contributed by atoms with Gasteiger partial charge in [0, 0.05) is 19.1 Å². The zero-order chi connectivity index (χ0) is 9.64. The second-order valence-electron chi connectivity index (χ2n) is 5.18. The van der Waals surface area contributed by atoms with E-state index in [0.717, 1.165) is 19.5 Å². The van der Waals surface area contributed by atoms with Gasteiger partial charge in [0.15, 0.2) is 5.78 Å². The minimum atomic E-state index is 0.109. The van der Waals surface area contributed by atoms with Crippen molar-refractivity contribution in [1.82, 2.24) is 10.2 Å². The van der Waals surface area contributed by atoms with Gasteiger partial charge in [-0.3, -0.25) is 15.0 Å². The van der Waals surface area contributed by atoms with Crippen LogP contribution in [0.4, 0.5) is 0 Å². The van der Waals surface area contributed by atoms with Crippen LogP contribution in [0.1, 0.15) is 26.7 Å². The molecular weight excluding hydrogens is 164 g/mol. The van der Waals surface area contributed by atoms with E-state index in [-0.39, 0.29) is 11.5 Å². The summed E-state index contributed by atoms with van der Waals surface area (Å²) in [5.74, 6) is 0.394. The van der Waals surface area contributed by atoms with Gasteiger partial charge in [0.2, 0.25) is 0 Å². The fourth-order valence-corrected chi connectivity index (χ4v) is 2.57. The summed E-state index contributed by atoms with van der Waals surface area (Å²) in [6.07, 6.45) is 1.86. The monoisotopic (exact) mass is 182 g/mol. The van der Waals surface area contributed by atoms with Gasteiger partial charge in [-0.05, 0) is 18.9 Å². The Morgan fingerprint density at radius 3 is 2.92 bits per heavy atom. The highest BCUT2D eigenvalue weighted by Crippen LogP contribution is 2.36. The van der Waals surface area contributed by atoms with Crippen LogP contribution in [0.2, 0.25) is 0 Å². The van der Waals surface area contributed by atoms with E-state index in [9.17, 15) is 4.79 Å². The molecule has 13 heavy (non-hydrogen) atoms. The van der Waals surface area contributed by atoms with E-state index in [4.69, 9.17) is 0 Å². The first kappa shape index (κ1) is 9.16. The summed E-state index contributed by atoms with van der Waals surface area (Å²) in [6, 6.07) is 0.536. The van der Waals surface area contributed by atoms with E-state index >= 15 is 0 Å². The molecular formula is C10H18N2O. The van der Waals surface area contributed by atoms with Gasteiger partial charge in [0.1, 0.15) is 0 Å². The molecule has 2 aliphatic rings. The SMILES string of the molecule is CN1CNC2C(=O)CC(C)(C)CC21. The van der Waals surface area contributed by atoms with E-state index in [2.05, 4.69) is 31.1 Å². The van der Waals surface area contributed by atoms with Crippen molar-refractivity contribution < 1.29 is 4.79 Å². The van der Waals surface area contributed by atoms with Crippen molar-refractivity contribution in [2.24, 2.45) is 5.41 Å². The Balaban J connectivity index is 2.19. The van der Waals surface area contributed by atoms with Crippen molar-refractivity contribution in [3.63, 3.8) is 0 Å². The third kappa shape index (κ3) is 1.51. The highest BCUT2D eigenvalue weighted by molar-refractivity contribution is 5.86. The van der Waals surface area contributed by atoms with E-state index in [1.54, 1.807) is 0 Å². The maximum Gasteiger partial charge on any atom is 0.151 e. The van der Waals surface area contributed by atoms with Crippen LogP contribution in [0.3, 0.4) is 0 Å². The first-order valence-corrected chi connectivity index (χ1v) is 4.96. The first-order valence-electron chi connectivity index (χ1n) is 4.96. The second kappa shape index (κ2) is 2.79.